The van der Waals surface area contributed by atoms with Gasteiger partial charge in [-0.3, -0.25) is 42.3 Å². The molecule has 3 N–H and O–H groups in total. The monoisotopic (exact) mass is 1970 g/mol. The number of aliphatic hydroxyl groups is 1. The molecule has 0 unspecified atom stereocenters. The molecule has 15 aromatic rings. The molecule has 702 valence electrons. The number of alkyl halides is 1. The highest BCUT2D eigenvalue weighted by Gasteiger charge is 2.42. The normalized spacial score (nSPS) is 12.6. The number of aliphatic hydroxyl groups excluding tert-OH is 1. The zero-order valence-corrected chi connectivity index (χ0v) is 78.8. The predicted octanol–water partition coefficient (Wildman–Crippen LogP) is 13.0. The van der Waals surface area contributed by atoms with Crippen LogP contribution < -0.4 is 37.2 Å². The molecule has 0 fully saturated rings. The Bertz CT molecular complexity index is 7290. The Morgan fingerprint density at radius 3 is 1.10 bits per heavy atom. The fourth-order valence-electron chi connectivity index (χ4n) is 15.1. The van der Waals surface area contributed by atoms with Gasteiger partial charge in [-0.15, -0.1) is 40.8 Å². The Hall–Kier alpha value is -14.6. The van der Waals surface area contributed by atoms with Crippen molar-refractivity contribution in [1.29, 1.82) is 0 Å². The van der Waals surface area contributed by atoms with Crippen LogP contribution >= 0.6 is 15.9 Å². The summed E-state index contributed by atoms with van der Waals surface area (Å²) in [5, 5.41) is 54.2. The number of carbonyl (C=O) groups is 3. The van der Waals surface area contributed by atoms with Crippen LogP contribution in [0, 0.1) is 45.1 Å². The lowest BCUT2D eigenvalue weighted by Crippen LogP contribution is -2.27. The Morgan fingerprint density at radius 2 is 0.763 bits per heavy atom. The number of hydrogen-bond donors (Lipinski definition) is 3. The summed E-state index contributed by atoms with van der Waals surface area (Å²) in [5.41, 5.74) is 10.1. The number of benzene rings is 8. The van der Waals surface area contributed by atoms with Gasteiger partial charge in [0, 0.05) is 120 Å². The first kappa shape index (κ1) is 96.5. The molecule has 0 saturated carbocycles. The number of ether oxygens (including phenoxy) is 4. The van der Waals surface area contributed by atoms with Gasteiger partial charge in [-0.1, -0.05) is 76.6 Å². The van der Waals surface area contributed by atoms with Crippen LogP contribution in [0.15, 0.2) is 176 Å². The maximum Gasteiger partial charge on any atom is 0.258 e. The zero-order valence-electron chi connectivity index (χ0n) is 74.7. The molecule has 0 saturated heterocycles. The number of aromatic hydroxyl groups is 1. The van der Waals surface area contributed by atoms with Crippen LogP contribution in [-0.2, 0) is 107 Å². The number of aryl methyl sites for hydroxylation is 4. The number of methoxy groups -OCH3 is 2. The van der Waals surface area contributed by atoms with Crippen LogP contribution in [0.25, 0.3) is 32.7 Å². The quantitative estimate of drug-likeness (QED) is 0.0424. The fraction of sp³-hybridized carbons (Fsp3) is 0.261. The molecular weight excluding hydrogens is 1880 g/mol. The van der Waals surface area contributed by atoms with Gasteiger partial charge in [0.2, 0.25) is 77.2 Å². The van der Waals surface area contributed by atoms with Gasteiger partial charge in [0.1, 0.15) is 65.3 Å². The second kappa shape index (κ2) is 40.9. The highest BCUT2D eigenvalue weighted by atomic mass is 79.9. The molecule has 0 bridgehead atoms. The van der Waals surface area contributed by atoms with Gasteiger partial charge in [-0.25, -0.2) is 38.4 Å². The van der Waals surface area contributed by atoms with E-state index in [0.29, 0.717) is 127 Å². The molecule has 3 amide bonds. The third-order valence-electron chi connectivity index (χ3n) is 21.7. The Labute approximate surface area is 780 Å². The average Bonchev–Trinajstić information content (AvgIpc) is 1.77. The molecule has 3 aliphatic heterocycles. The van der Waals surface area contributed by atoms with E-state index in [9.17, 15) is 57.9 Å². The standard InChI is InChI=1S/C32H30FN5O6S.C28H26FN3O5S.C24H22FN5O5S.C4H5BrN2O.C4H6N2O2/c1-19-35-36-27(44-19)17-38-16-26-28(32(38)39)31(43-18-21-7-11-24(42-3)12-8-21)29-25(30(26)37(2)45(4,40)41)14-22(15-34-29)13-20-5-9-23(33)10-6-20;1-32(38(3,34)35)26-22-13-19(12-17-4-8-20(29)9-5-17)14-30-25(22)27(24-23(26)15-31-28(24)33)37-16-18-6-10-21(36-2)11-7-18;1-13-27-28-19(35-13)12-30-11-18-20(24(30)32)23(31)21-17(22(18)29(2)36(3,33)34)9-15(10-26-21)8-14-4-6-16(25)7-5-14;1-3-6-7-4(2-5)8-3;1-3-5-6-4(2-7)8-3/h5-12,14-15H,13,16-18H2,1-4H3;4-11,13-14H,12,15-16H2,1-3H3,(H,31,33);4-7,9-10,31H,8,11-12H2,1-3H3;2H2,1H3;7H,2H2,1H3. The van der Waals surface area contributed by atoms with Crippen molar-refractivity contribution >= 4 is 113 Å². The van der Waals surface area contributed by atoms with Crippen molar-refractivity contribution in [1.82, 2.24) is 70.9 Å². The van der Waals surface area contributed by atoms with Crippen LogP contribution in [0.2, 0.25) is 0 Å². The summed E-state index contributed by atoms with van der Waals surface area (Å²) in [6.07, 6.45) is 9.42. The highest BCUT2D eigenvalue weighted by molar-refractivity contribution is 9.08. The number of halogens is 4. The van der Waals surface area contributed by atoms with Crippen molar-refractivity contribution in [3.63, 3.8) is 0 Å². The third-order valence-corrected chi connectivity index (χ3v) is 25.7. The molecule has 135 heavy (non-hydrogen) atoms. The third kappa shape index (κ3) is 22.4. The molecule has 8 aromatic carbocycles. The molecule has 10 heterocycles. The molecule has 0 aliphatic carbocycles. The first-order valence-electron chi connectivity index (χ1n) is 41.2. The number of phenolic OH excluding ortho intramolecular Hbond substituents is 1. The lowest BCUT2D eigenvalue weighted by atomic mass is 9.98. The van der Waals surface area contributed by atoms with E-state index in [4.69, 9.17) is 46.7 Å². The van der Waals surface area contributed by atoms with Crippen LogP contribution in [0.1, 0.15) is 139 Å². The summed E-state index contributed by atoms with van der Waals surface area (Å²) >= 11 is 3.17. The number of hydrogen-bond acceptors (Lipinski definition) is 30. The lowest BCUT2D eigenvalue weighted by Gasteiger charge is -2.24. The van der Waals surface area contributed by atoms with Crippen molar-refractivity contribution in [3.8, 4) is 28.7 Å². The minimum absolute atomic E-state index is 0.00455. The summed E-state index contributed by atoms with van der Waals surface area (Å²) < 4.78 is 164. The largest absolute Gasteiger partial charge is 0.505 e. The first-order valence-corrected chi connectivity index (χ1v) is 47.9. The molecule has 18 rings (SSSR count). The van der Waals surface area contributed by atoms with Gasteiger partial charge < -0.3 is 61.9 Å². The number of anilines is 3. The Morgan fingerprint density at radius 1 is 0.437 bits per heavy atom. The second-order valence-electron chi connectivity index (χ2n) is 31.4. The summed E-state index contributed by atoms with van der Waals surface area (Å²) in [5.74, 6) is 2.51. The van der Waals surface area contributed by atoms with Gasteiger partial charge in [0.25, 0.3) is 17.7 Å². The first-order chi connectivity index (χ1) is 64.3. The summed E-state index contributed by atoms with van der Waals surface area (Å²) in [7, 11) is -3.71. The van der Waals surface area contributed by atoms with Crippen molar-refractivity contribution in [2.24, 2.45) is 0 Å². The fourth-order valence-corrected chi connectivity index (χ4v) is 16.9. The summed E-state index contributed by atoms with van der Waals surface area (Å²) in [6.45, 7) is 7.09. The lowest BCUT2D eigenvalue weighted by molar-refractivity contribution is 0.0742. The van der Waals surface area contributed by atoms with Crippen molar-refractivity contribution < 1.29 is 99.6 Å². The van der Waals surface area contributed by atoms with Gasteiger partial charge in [-0.05, 0) is 143 Å². The van der Waals surface area contributed by atoms with E-state index in [1.807, 2.05) is 60.7 Å². The van der Waals surface area contributed by atoms with E-state index in [1.165, 1.54) is 76.0 Å². The SMILES string of the molecule is COc1ccc(COc2c3c(c(N(C)S(C)(=O)=O)c4cc(Cc5ccc(F)cc5)cnc24)CN(Cc2nnc(C)o2)C3=O)cc1.COc1ccc(COc2c3c(c(N(C)S(C)(=O)=O)c4cc(Cc5ccc(F)cc5)cnc24)CNC3=O)cc1.Cc1nnc(CBr)o1.Cc1nnc(CN2Cc3c(c(O)c4ncc(Cc5ccc(F)cc5)cc4c3N(C)S(C)(=O)=O)C2=O)o1.Cc1nnc(CO)o1. The van der Waals surface area contributed by atoms with Gasteiger partial charge >= 0.3 is 0 Å². The highest BCUT2D eigenvalue weighted by Crippen LogP contribution is 2.49. The average molecular weight is 1970 g/mol. The summed E-state index contributed by atoms with van der Waals surface area (Å²) in [6, 6.07) is 38.4. The number of nitrogens with one attached hydrogen (secondary N) is 1. The number of phenols is 1. The predicted molar refractivity (Wildman–Crippen MR) is 492 cm³/mol. The number of fused-ring (bicyclic) bond motifs is 6. The zero-order chi connectivity index (χ0) is 96.6. The molecular formula is C92H89BrF3N17O19S3. The van der Waals surface area contributed by atoms with Crippen molar-refractivity contribution in [2.45, 2.75) is 105 Å². The van der Waals surface area contributed by atoms with Crippen LogP contribution in [-0.4, -0.2) is 173 Å². The Kier molecular flexibility index (Phi) is 29.2. The van der Waals surface area contributed by atoms with E-state index < -0.39 is 36.0 Å². The van der Waals surface area contributed by atoms with Crippen molar-refractivity contribution in [2.75, 3.05) is 67.0 Å². The number of nitrogens with zero attached hydrogens (tertiary/aromatic N) is 16. The minimum Gasteiger partial charge on any atom is -0.505 e. The summed E-state index contributed by atoms with van der Waals surface area (Å²) in [4.78, 5) is 57.0. The van der Waals surface area contributed by atoms with Crippen molar-refractivity contribution in [3.05, 3.63) is 301 Å². The number of amides is 3. The molecule has 0 atom stereocenters. The van der Waals surface area contributed by atoms with Crippen LogP contribution in [0.4, 0.5) is 30.2 Å². The van der Waals surface area contributed by atoms with Gasteiger partial charge in [0.15, 0.2) is 17.2 Å². The van der Waals surface area contributed by atoms with E-state index in [-0.39, 0.29) is 139 Å². The van der Waals surface area contributed by atoms with Crippen LogP contribution in [0.3, 0.4) is 0 Å². The topological polar surface area (TPSA) is 454 Å². The van der Waals surface area contributed by atoms with Gasteiger partial charge in [-0.2, -0.15) is 0 Å². The van der Waals surface area contributed by atoms with E-state index in [2.05, 4.69) is 72.0 Å². The van der Waals surface area contributed by atoms with E-state index in [1.54, 1.807) is 103 Å². The Balaban J connectivity index is 0.000000150. The number of carbonyl (C=O) groups excluding carboxylic acids is 3. The molecule has 0 spiro atoms. The number of rotatable bonds is 26. The number of sulfonamides is 3. The minimum atomic E-state index is -3.77. The number of aromatic nitrogens is 11. The van der Waals surface area contributed by atoms with E-state index in [0.717, 1.165) is 67.6 Å². The maximum atomic E-state index is 14.0. The van der Waals surface area contributed by atoms with Crippen LogP contribution in [0.5, 0.6) is 28.7 Å². The molecule has 36 nitrogen and oxygen atoms in total. The second-order valence-corrected chi connectivity index (χ2v) is 38.0. The maximum absolute atomic E-state index is 14.0. The van der Waals surface area contributed by atoms with E-state index >= 15 is 0 Å². The number of pyridine rings is 3. The molecule has 0 radical (unpaired) electrons. The molecule has 3 aliphatic rings. The van der Waals surface area contributed by atoms with Gasteiger partial charge in [0.05, 0.1) is 85.2 Å². The molecule has 7 aromatic heterocycles. The smallest absolute Gasteiger partial charge is 0.258 e. The molecule has 43 heteroatoms.